The summed E-state index contributed by atoms with van der Waals surface area (Å²) in [4.78, 5) is 18.7. The molecule has 8 nitrogen and oxygen atoms in total. The molecule has 4 aromatic carbocycles. The monoisotopic (exact) mass is 609 g/mol. The molecule has 0 radical (unpaired) electrons. The van der Waals surface area contributed by atoms with Gasteiger partial charge in [-0.2, -0.15) is 9.78 Å². The van der Waals surface area contributed by atoms with Crippen molar-refractivity contribution in [2.75, 3.05) is 13.4 Å². The molecule has 1 aromatic heterocycles. The maximum absolute atomic E-state index is 13.8. The Balaban J connectivity index is 1.34. The van der Waals surface area contributed by atoms with Gasteiger partial charge in [0, 0.05) is 5.56 Å². The Labute approximate surface area is 260 Å². The number of hydrogen-bond donors (Lipinski definition) is 0. The molecule has 0 spiro atoms. The van der Waals surface area contributed by atoms with Crippen LogP contribution in [0.1, 0.15) is 48.9 Å². The lowest BCUT2D eigenvalue weighted by molar-refractivity contribution is 0.174. The van der Waals surface area contributed by atoms with Gasteiger partial charge in [-0.15, -0.1) is 0 Å². The van der Waals surface area contributed by atoms with Gasteiger partial charge in [0.1, 0.15) is 18.1 Å². The van der Waals surface area contributed by atoms with Crippen LogP contribution in [0.15, 0.2) is 82.7 Å². The molecule has 1 aliphatic heterocycles. The molecule has 0 aliphatic carbocycles. The second kappa shape index (κ2) is 12.4. The van der Waals surface area contributed by atoms with Crippen molar-refractivity contribution in [3.63, 3.8) is 0 Å². The van der Waals surface area contributed by atoms with Crippen LogP contribution in [0.5, 0.6) is 23.0 Å². The van der Waals surface area contributed by atoms with Crippen molar-refractivity contribution >= 4 is 28.7 Å². The van der Waals surface area contributed by atoms with E-state index in [0.717, 1.165) is 33.8 Å². The van der Waals surface area contributed by atoms with Crippen LogP contribution >= 0.6 is 11.6 Å². The number of para-hydroxylation sites is 1. The third-order valence-electron chi connectivity index (χ3n) is 7.38. The summed E-state index contributed by atoms with van der Waals surface area (Å²) in [5.74, 6) is 3.42. The second-order valence-electron chi connectivity index (χ2n) is 10.8. The number of halogens is 1. The Morgan fingerprint density at radius 3 is 2.61 bits per heavy atom. The van der Waals surface area contributed by atoms with Crippen LogP contribution < -0.4 is 24.5 Å². The van der Waals surface area contributed by atoms with Gasteiger partial charge in [0.2, 0.25) is 6.79 Å². The van der Waals surface area contributed by atoms with E-state index in [1.165, 1.54) is 4.68 Å². The van der Waals surface area contributed by atoms with Gasteiger partial charge in [-0.1, -0.05) is 43.6 Å². The van der Waals surface area contributed by atoms with Crippen molar-refractivity contribution in [2.24, 2.45) is 5.10 Å². The van der Waals surface area contributed by atoms with Crippen LogP contribution in [0, 0.1) is 6.92 Å². The molecule has 0 saturated carbocycles. The van der Waals surface area contributed by atoms with Gasteiger partial charge in [0.25, 0.3) is 5.56 Å². The Morgan fingerprint density at radius 1 is 1.00 bits per heavy atom. The first-order valence-corrected chi connectivity index (χ1v) is 14.8. The number of aromatic nitrogens is 2. The number of benzene rings is 4. The molecule has 0 amide bonds. The predicted molar refractivity (Wildman–Crippen MR) is 173 cm³/mol. The Morgan fingerprint density at radius 2 is 1.82 bits per heavy atom. The number of nitrogens with zero attached hydrogens (tertiary/aromatic N) is 3. The summed E-state index contributed by atoms with van der Waals surface area (Å²) in [6.07, 6.45) is 1.60. The van der Waals surface area contributed by atoms with Crippen molar-refractivity contribution < 1.29 is 18.9 Å². The summed E-state index contributed by atoms with van der Waals surface area (Å²) >= 11 is 6.59. The van der Waals surface area contributed by atoms with E-state index < -0.39 is 0 Å². The maximum Gasteiger partial charge on any atom is 0.282 e. The number of ether oxygens (including phenoxy) is 4. The number of fused-ring (bicyclic) bond motifs is 2. The van der Waals surface area contributed by atoms with E-state index in [1.54, 1.807) is 24.4 Å². The lowest BCUT2D eigenvalue weighted by atomic mass is 9.96. The third kappa shape index (κ3) is 5.85. The highest BCUT2D eigenvalue weighted by Crippen LogP contribution is 2.35. The van der Waals surface area contributed by atoms with E-state index in [2.05, 4.69) is 25.0 Å². The van der Waals surface area contributed by atoms with Crippen molar-refractivity contribution in [3.8, 4) is 34.4 Å². The third-order valence-corrected chi connectivity index (χ3v) is 7.68. The maximum atomic E-state index is 13.8. The van der Waals surface area contributed by atoms with Gasteiger partial charge in [-0.25, -0.2) is 4.98 Å². The smallest absolute Gasteiger partial charge is 0.282 e. The minimum absolute atomic E-state index is 0.202. The Hall–Kier alpha value is -4.82. The van der Waals surface area contributed by atoms with E-state index in [0.29, 0.717) is 52.0 Å². The molecule has 0 fully saturated rings. The fourth-order valence-corrected chi connectivity index (χ4v) is 5.35. The minimum atomic E-state index is -0.268. The fourth-order valence-electron chi connectivity index (χ4n) is 5.11. The topological polar surface area (TPSA) is 84.2 Å². The average Bonchev–Trinajstić information content (AvgIpc) is 3.48. The molecule has 0 unspecified atom stereocenters. The van der Waals surface area contributed by atoms with Crippen LogP contribution in [0.25, 0.3) is 22.3 Å². The summed E-state index contributed by atoms with van der Waals surface area (Å²) in [6, 6.07) is 22.4. The summed E-state index contributed by atoms with van der Waals surface area (Å²) in [6.45, 7) is 9.27. The van der Waals surface area contributed by atoms with Gasteiger partial charge in [0.15, 0.2) is 17.3 Å². The van der Waals surface area contributed by atoms with Gasteiger partial charge in [0.05, 0.1) is 28.7 Å². The molecular formula is C35H32ClN3O5. The van der Waals surface area contributed by atoms with E-state index in [4.69, 9.17) is 35.5 Å². The molecular weight excluding hydrogens is 578 g/mol. The molecule has 1 aliphatic rings. The highest BCUT2D eigenvalue weighted by Gasteiger charge is 2.19. The van der Waals surface area contributed by atoms with E-state index >= 15 is 0 Å². The zero-order valence-corrected chi connectivity index (χ0v) is 25.7. The van der Waals surface area contributed by atoms with Gasteiger partial charge in [-0.3, -0.25) is 4.79 Å². The normalized spacial score (nSPS) is 12.4. The SMILES string of the molecule is CCOc1cc(C)c(-c2nc3ccccc3c(=O)n2N=Cc2ccc(OCc3ccc4c(c3)OCO4)c(Cl)c2)cc1C(C)C. The lowest BCUT2D eigenvalue weighted by Gasteiger charge is -2.18. The van der Waals surface area contributed by atoms with Crippen LogP contribution in [0.4, 0.5) is 0 Å². The summed E-state index contributed by atoms with van der Waals surface area (Å²) < 4.78 is 24.1. The first-order chi connectivity index (χ1) is 21.3. The molecule has 6 rings (SSSR count). The first kappa shape index (κ1) is 29.3. The Bertz CT molecular complexity index is 1950. The fraction of sp³-hybridized carbons (Fsp3) is 0.229. The quantitative estimate of drug-likeness (QED) is 0.159. The summed E-state index contributed by atoms with van der Waals surface area (Å²) in [5, 5.41) is 5.53. The largest absolute Gasteiger partial charge is 0.494 e. The number of hydrogen-bond acceptors (Lipinski definition) is 7. The van der Waals surface area contributed by atoms with Crippen molar-refractivity contribution in [2.45, 2.75) is 40.2 Å². The second-order valence-corrected chi connectivity index (χ2v) is 11.2. The first-order valence-electron chi connectivity index (χ1n) is 14.5. The lowest BCUT2D eigenvalue weighted by Crippen LogP contribution is -2.20. The van der Waals surface area contributed by atoms with Crippen molar-refractivity contribution in [1.82, 2.24) is 9.66 Å². The van der Waals surface area contributed by atoms with E-state index in [9.17, 15) is 4.79 Å². The Kier molecular flexibility index (Phi) is 8.26. The van der Waals surface area contributed by atoms with Crippen LogP contribution in [0.3, 0.4) is 0 Å². The molecule has 0 atom stereocenters. The van der Waals surface area contributed by atoms with Crippen LogP contribution in [-0.4, -0.2) is 29.3 Å². The molecule has 2 heterocycles. The zero-order chi connectivity index (χ0) is 30.8. The predicted octanol–water partition coefficient (Wildman–Crippen LogP) is 7.74. The zero-order valence-electron chi connectivity index (χ0n) is 25.0. The highest BCUT2D eigenvalue weighted by molar-refractivity contribution is 6.32. The standard InChI is InChI=1S/C35H32ClN3O5/c1-5-41-32-14-22(4)27(17-26(32)21(2)3)34-38-29-9-7-6-8-25(29)35(40)39(34)37-18-23-10-12-30(28(36)15-23)42-19-24-11-13-31-33(16-24)44-20-43-31/h6-18,21H,5,19-20H2,1-4H3. The molecule has 44 heavy (non-hydrogen) atoms. The number of rotatable bonds is 9. The molecule has 0 N–H and O–H groups in total. The molecule has 0 bridgehead atoms. The van der Waals surface area contributed by atoms with Crippen LogP contribution in [0.2, 0.25) is 5.02 Å². The molecule has 9 heteroatoms. The van der Waals surface area contributed by atoms with Gasteiger partial charge in [-0.05, 0) is 96.6 Å². The number of aryl methyl sites for hydroxylation is 1. The van der Waals surface area contributed by atoms with Crippen LogP contribution in [-0.2, 0) is 6.61 Å². The summed E-state index contributed by atoms with van der Waals surface area (Å²) in [5.41, 5.74) is 4.73. The average molecular weight is 610 g/mol. The van der Waals surface area contributed by atoms with E-state index in [-0.39, 0.29) is 18.3 Å². The molecule has 0 saturated heterocycles. The van der Waals surface area contributed by atoms with Gasteiger partial charge < -0.3 is 18.9 Å². The van der Waals surface area contributed by atoms with E-state index in [1.807, 2.05) is 62.4 Å². The highest BCUT2D eigenvalue weighted by atomic mass is 35.5. The van der Waals surface area contributed by atoms with Crippen molar-refractivity contribution in [3.05, 3.63) is 110 Å². The van der Waals surface area contributed by atoms with Gasteiger partial charge >= 0.3 is 0 Å². The molecule has 224 valence electrons. The molecule has 5 aromatic rings. The van der Waals surface area contributed by atoms with Crippen molar-refractivity contribution in [1.29, 1.82) is 0 Å². The minimum Gasteiger partial charge on any atom is -0.494 e. The summed E-state index contributed by atoms with van der Waals surface area (Å²) in [7, 11) is 0.